The Hall–Kier alpha value is -2.60. The van der Waals surface area contributed by atoms with E-state index in [9.17, 15) is 8.78 Å². The van der Waals surface area contributed by atoms with Gasteiger partial charge in [-0.15, -0.1) is 0 Å². The molecule has 26 heavy (non-hydrogen) atoms. The molecule has 0 amide bonds. The van der Waals surface area contributed by atoms with E-state index in [1.165, 1.54) is 12.1 Å². The molecule has 6 heteroatoms. The van der Waals surface area contributed by atoms with E-state index in [0.717, 1.165) is 36.2 Å². The molecule has 0 aliphatic carbocycles. The van der Waals surface area contributed by atoms with E-state index in [1.807, 2.05) is 31.2 Å². The van der Waals surface area contributed by atoms with Crippen molar-refractivity contribution in [2.75, 3.05) is 13.1 Å². The Kier molecular flexibility index (Phi) is 4.51. The lowest BCUT2D eigenvalue weighted by molar-refractivity contribution is 0.308. The van der Waals surface area contributed by atoms with Crippen molar-refractivity contribution in [3.63, 3.8) is 0 Å². The van der Waals surface area contributed by atoms with Gasteiger partial charge in [-0.1, -0.05) is 35.5 Å². The molecule has 1 saturated heterocycles. The van der Waals surface area contributed by atoms with Crippen LogP contribution in [0.15, 0.2) is 47.0 Å². The number of nitrogens with zero attached hydrogens (tertiary/aromatic N) is 3. The van der Waals surface area contributed by atoms with Crippen LogP contribution in [0, 0.1) is 18.6 Å². The van der Waals surface area contributed by atoms with Crippen molar-refractivity contribution < 1.29 is 13.3 Å². The molecule has 134 valence electrons. The van der Waals surface area contributed by atoms with Crippen molar-refractivity contribution in [1.82, 2.24) is 15.0 Å². The Morgan fingerprint density at radius 1 is 1.15 bits per heavy atom. The zero-order valence-electron chi connectivity index (χ0n) is 14.5. The monoisotopic (exact) mass is 355 g/mol. The lowest BCUT2D eigenvalue weighted by Gasteiger charge is -2.15. The van der Waals surface area contributed by atoms with E-state index in [4.69, 9.17) is 4.52 Å². The Morgan fingerprint density at radius 2 is 2.00 bits per heavy atom. The fourth-order valence-corrected chi connectivity index (χ4v) is 3.41. The molecule has 1 atom stereocenters. The first-order chi connectivity index (χ1) is 12.6. The smallest absolute Gasteiger partial charge is 0.231 e. The maximum atomic E-state index is 13.4. The molecule has 2 heterocycles. The minimum Gasteiger partial charge on any atom is -0.339 e. The highest BCUT2D eigenvalue weighted by Gasteiger charge is 2.28. The van der Waals surface area contributed by atoms with Gasteiger partial charge in [0, 0.05) is 18.7 Å². The molecular formula is C20H19F2N3O. The van der Waals surface area contributed by atoms with Crippen molar-refractivity contribution in [2.45, 2.75) is 25.8 Å². The van der Waals surface area contributed by atoms with Crippen LogP contribution in [-0.2, 0) is 6.54 Å². The summed E-state index contributed by atoms with van der Waals surface area (Å²) < 4.78 is 31.9. The van der Waals surface area contributed by atoms with Crippen LogP contribution in [0.1, 0.15) is 29.4 Å². The number of halogens is 2. The van der Waals surface area contributed by atoms with E-state index in [-0.39, 0.29) is 5.92 Å². The molecule has 4 nitrogen and oxygen atoms in total. The van der Waals surface area contributed by atoms with E-state index in [2.05, 4.69) is 15.0 Å². The number of likely N-dealkylation sites (tertiary alicyclic amines) is 1. The fraction of sp³-hybridized carbons (Fsp3) is 0.300. The van der Waals surface area contributed by atoms with Crippen LogP contribution in [-0.4, -0.2) is 28.1 Å². The number of benzene rings is 2. The van der Waals surface area contributed by atoms with Crippen molar-refractivity contribution in [2.24, 2.45) is 0 Å². The number of hydrogen-bond donors (Lipinski definition) is 0. The molecule has 1 unspecified atom stereocenters. The summed E-state index contributed by atoms with van der Waals surface area (Å²) in [5.41, 5.74) is 2.83. The van der Waals surface area contributed by atoms with Gasteiger partial charge in [-0.2, -0.15) is 4.98 Å². The largest absolute Gasteiger partial charge is 0.339 e. The second-order valence-electron chi connectivity index (χ2n) is 6.74. The molecule has 0 spiro atoms. The zero-order valence-corrected chi connectivity index (χ0v) is 14.5. The maximum Gasteiger partial charge on any atom is 0.231 e. The summed E-state index contributed by atoms with van der Waals surface area (Å²) in [4.78, 5) is 6.77. The number of aromatic nitrogens is 2. The average molecular weight is 355 g/mol. The third-order valence-electron chi connectivity index (χ3n) is 4.84. The standard InChI is InChI=1S/C20H19F2N3O/c1-13-4-2-3-5-16(13)19-23-20(26-24-19)15-8-9-25(12-15)11-14-6-7-17(21)18(22)10-14/h2-7,10,15H,8-9,11-12H2,1H3. The van der Waals surface area contributed by atoms with E-state index < -0.39 is 11.6 Å². The highest BCUT2D eigenvalue weighted by molar-refractivity contribution is 5.59. The van der Waals surface area contributed by atoms with E-state index in [1.54, 1.807) is 6.07 Å². The summed E-state index contributed by atoms with van der Waals surface area (Å²) >= 11 is 0. The average Bonchev–Trinajstić information content (AvgIpc) is 3.28. The van der Waals surface area contributed by atoms with Gasteiger partial charge in [0.1, 0.15) is 0 Å². The van der Waals surface area contributed by atoms with Gasteiger partial charge in [0.05, 0.1) is 5.92 Å². The molecule has 4 rings (SSSR count). The zero-order chi connectivity index (χ0) is 18.1. The van der Waals surface area contributed by atoms with Gasteiger partial charge in [-0.25, -0.2) is 8.78 Å². The van der Waals surface area contributed by atoms with Crippen LogP contribution in [0.2, 0.25) is 0 Å². The molecule has 1 aromatic heterocycles. The molecule has 0 radical (unpaired) electrons. The summed E-state index contributed by atoms with van der Waals surface area (Å²) in [5, 5.41) is 4.13. The van der Waals surface area contributed by atoms with Gasteiger partial charge >= 0.3 is 0 Å². The SMILES string of the molecule is Cc1ccccc1-c1noc(C2CCN(Cc3ccc(F)c(F)c3)C2)n1. The van der Waals surface area contributed by atoms with Gasteiger partial charge in [0.25, 0.3) is 0 Å². The first-order valence-corrected chi connectivity index (χ1v) is 8.66. The third-order valence-corrected chi connectivity index (χ3v) is 4.84. The molecule has 1 aliphatic rings. The lowest BCUT2D eigenvalue weighted by atomic mass is 10.1. The first kappa shape index (κ1) is 16.8. The van der Waals surface area contributed by atoms with Crippen LogP contribution in [0.4, 0.5) is 8.78 Å². The van der Waals surface area contributed by atoms with Gasteiger partial charge < -0.3 is 4.52 Å². The molecule has 1 fully saturated rings. The molecule has 3 aromatic rings. The van der Waals surface area contributed by atoms with E-state index >= 15 is 0 Å². The van der Waals surface area contributed by atoms with Crippen LogP contribution >= 0.6 is 0 Å². The summed E-state index contributed by atoms with van der Waals surface area (Å²) in [5.74, 6) is -0.223. The number of rotatable bonds is 4. The third kappa shape index (κ3) is 3.37. The minimum atomic E-state index is -0.817. The Morgan fingerprint density at radius 3 is 2.81 bits per heavy atom. The van der Waals surface area contributed by atoms with E-state index in [0.29, 0.717) is 18.3 Å². The summed E-state index contributed by atoms with van der Waals surface area (Å²) in [6.07, 6.45) is 0.902. The van der Waals surface area contributed by atoms with Gasteiger partial charge in [0.2, 0.25) is 11.7 Å². The van der Waals surface area contributed by atoms with Crippen molar-refractivity contribution in [1.29, 1.82) is 0 Å². The normalized spacial score (nSPS) is 17.7. The Bertz CT molecular complexity index is 925. The summed E-state index contributed by atoms with van der Waals surface area (Å²) in [6, 6.07) is 12.0. The van der Waals surface area contributed by atoms with Crippen LogP contribution < -0.4 is 0 Å². The van der Waals surface area contributed by atoms with Crippen LogP contribution in [0.3, 0.4) is 0 Å². The molecular weight excluding hydrogens is 336 g/mol. The predicted octanol–water partition coefficient (Wildman–Crippen LogP) is 4.31. The lowest BCUT2D eigenvalue weighted by Crippen LogP contribution is -2.20. The molecule has 0 saturated carbocycles. The second-order valence-corrected chi connectivity index (χ2v) is 6.74. The number of hydrogen-bond acceptors (Lipinski definition) is 4. The van der Waals surface area contributed by atoms with Crippen molar-refractivity contribution in [3.05, 3.63) is 71.1 Å². The van der Waals surface area contributed by atoms with Crippen LogP contribution in [0.25, 0.3) is 11.4 Å². The van der Waals surface area contributed by atoms with Gasteiger partial charge in [-0.05, 0) is 43.1 Å². The Labute approximate surface area is 150 Å². The topological polar surface area (TPSA) is 42.2 Å². The highest BCUT2D eigenvalue weighted by Crippen LogP contribution is 2.29. The minimum absolute atomic E-state index is 0.158. The van der Waals surface area contributed by atoms with Gasteiger partial charge in [0.15, 0.2) is 11.6 Å². The fourth-order valence-electron chi connectivity index (χ4n) is 3.41. The van der Waals surface area contributed by atoms with Crippen LogP contribution in [0.5, 0.6) is 0 Å². The summed E-state index contributed by atoms with van der Waals surface area (Å²) in [7, 11) is 0. The molecule has 1 aliphatic heterocycles. The van der Waals surface area contributed by atoms with Gasteiger partial charge in [-0.3, -0.25) is 4.90 Å². The predicted molar refractivity (Wildman–Crippen MR) is 93.5 cm³/mol. The first-order valence-electron chi connectivity index (χ1n) is 8.66. The highest BCUT2D eigenvalue weighted by atomic mass is 19.2. The second kappa shape index (κ2) is 6.96. The number of aryl methyl sites for hydroxylation is 1. The molecule has 0 N–H and O–H groups in total. The molecule has 2 aromatic carbocycles. The van der Waals surface area contributed by atoms with Crippen molar-refractivity contribution in [3.8, 4) is 11.4 Å². The summed E-state index contributed by atoms with van der Waals surface area (Å²) in [6.45, 7) is 4.21. The maximum absolute atomic E-state index is 13.4. The quantitative estimate of drug-likeness (QED) is 0.699. The molecule has 0 bridgehead atoms. The van der Waals surface area contributed by atoms with Crippen molar-refractivity contribution >= 4 is 0 Å². The Balaban J connectivity index is 1.44.